The largest absolute Gasteiger partial charge is 0.394 e. The summed E-state index contributed by atoms with van der Waals surface area (Å²) in [5.41, 5.74) is 0.630. The van der Waals surface area contributed by atoms with Gasteiger partial charge in [0.15, 0.2) is 6.29 Å². The zero-order chi connectivity index (χ0) is 14.7. The summed E-state index contributed by atoms with van der Waals surface area (Å²) in [5.74, 6) is 0. The van der Waals surface area contributed by atoms with E-state index in [1.54, 1.807) is 24.3 Å². The molecule has 0 bridgehead atoms. The third kappa shape index (κ3) is 3.48. The van der Waals surface area contributed by atoms with E-state index in [-0.39, 0.29) is 6.61 Å². The average molecular weight is 305 g/mol. The lowest BCUT2D eigenvalue weighted by atomic mass is 10.0. The van der Waals surface area contributed by atoms with Crippen LogP contribution < -0.4 is 0 Å². The van der Waals surface area contributed by atoms with Gasteiger partial charge in [0.05, 0.1) is 13.2 Å². The highest BCUT2D eigenvalue weighted by Gasteiger charge is 2.38. The van der Waals surface area contributed by atoms with E-state index >= 15 is 0 Å². The summed E-state index contributed by atoms with van der Waals surface area (Å²) in [6.07, 6.45) is -5.91. The van der Waals surface area contributed by atoms with Gasteiger partial charge in [-0.3, -0.25) is 0 Å². The monoisotopic (exact) mass is 304 g/mol. The lowest BCUT2D eigenvalue weighted by Gasteiger charge is -2.27. The van der Waals surface area contributed by atoms with Crippen molar-refractivity contribution in [3.63, 3.8) is 0 Å². The molecule has 1 unspecified atom stereocenters. The Labute approximate surface area is 121 Å². The van der Waals surface area contributed by atoms with Crippen LogP contribution in [0, 0.1) is 0 Å². The van der Waals surface area contributed by atoms with Crippen LogP contribution in [0.1, 0.15) is 11.9 Å². The van der Waals surface area contributed by atoms with Crippen LogP contribution >= 0.6 is 11.6 Å². The van der Waals surface area contributed by atoms with Crippen LogP contribution in [0.15, 0.2) is 24.3 Å². The molecule has 0 amide bonds. The van der Waals surface area contributed by atoms with Gasteiger partial charge in [-0.15, -0.1) is 0 Å². The molecule has 1 saturated heterocycles. The minimum absolute atomic E-state index is 0.150. The van der Waals surface area contributed by atoms with Gasteiger partial charge >= 0.3 is 0 Å². The fourth-order valence-corrected chi connectivity index (χ4v) is 2.11. The Morgan fingerprint density at radius 2 is 1.90 bits per heavy atom. The summed E-state index contributed by atoms with van der Waals surface area (Å²) in [7, 11) is 0. The highest BCUT2D eigenvalue weighted by molar-refractivity contribution is 6.30. The molecule has 1 aliphatic rings. The van der Waals surface area contributed by atoms with E-state index in [4.69, 9.17) is 26.2 Å². The molecule has 2 rings (SSSR count). The summed E-state index contributed by atoms with van der Waals surface area (Å²) < 4.78 is 10.9. The Bertz CT molecular complexity index is 425. The maximum Gasteiger partial charge on any atom is 0.184 e. The molecule has 0 aliphatic carbocycles. The van der Waals surface area contributed by atoms with Crippen molar-refractivity contribution in [1.29, 1.82) is 0 Å². The van der Waals surface area contributed by atoms with Crippen molar-refractivity contribution < 1.29 is 29.9 Å². The summed E-state index contributed by atoms with van der Waals surface area (Å²) in [6, 6.07) is 6.66. The van der Waals surface area contributed by atoms with E-state index < -0.39 is 37.3 Å². The summed E-state index contributed by atoms with van der Waals surface area (Å²) in [6.45, 7) is -0.745. The first-order valence-corrected chi connectivity index (χ1v) is 6.58. The van der Waals surface area contributed by atoms with Crippen molar-refractivity contribution in [3.8, 4) is 0 Å². The minimum atomic E-state index is -1.35. The molecule has 5 atom stereocenters. The molecular weight excluding hydrogens is 288 g/mol. The molecule has 1 fully saturated rings. The quantitative estimate of drug-likeness (QED) is 0.619. The highest BCUT2D eigenvalue weighted by Crippen LogP contribution is 2.28. The second-order valence-electron chi connectivity index (χ2n) is 4.63. The van der Waals surface area contributed by atoms with Gasteiger partial charge in [-0.25, -0.2) is 0 Å². The number of halogens is 1. The van der Waals surface area contributed by atoms with Gasteiger partial charge < -0.3 is 29.9 Å². The first-order valence-electron chi connectivity index (χ1n) is 6.20. The Kier molecular flexibility index (Phi) is 5.34. The molecule has 112 valence electrons. The lowest BCUT2D eigenvalue weighted by molar-refractivity contribution is -0.199. The fraction of sp³-hybridized carbons (Fsp3) is 0.538. The Balaban J connectivity index is 2.20. The SMILES string of the molecule is OC[C@@H](O)[C@@H]1OC(c2ccc(Cl)cc2)OC[C@H](O)[C@@H]1O. The van der Waals surface area contributed by atoms with Crippen LogP contribution in [0.5, 0.6) is 0 Å². The third-order valence-corrected chi connectivity index (χ3v) is 3.39. The van der Waals surface area contributed by atoms with Crippen LogP contribution in [0.2, 0.25) is 5.02 Å². The molecule has 0 aromatic heterocycles. The molecule has 1 aliphatic heterocycles. The van der Waals surface area contributed by atoms with Crippen molar-refractivity contribution in [2.24, 2.45) is 0 Å². The van der Waals surface area contributed by atoms with Gasteiger partial charge in [0.25, 0.3) is 0 Å². The maximum absolute atomic E-state index is 9.88. The smallest absolute Gasteiger partial charge is 0.184 e. The van der Waals surface area contributed by atoms with Gasteiger partial charge in [-0.1, -0.05) is 23.7 Å². The molecule has 20 heavy (non-hydrogen) atoms. The predicted octanol–water partition coefficient (Wildman–Crippen LogP) is -0.171. The predicted molar refractivity (Wildman–Crippen MR) is 70.1 cm³/mol. The van der Waals surface area contributed by atoms with Gasteiger partial charge in [0, 0.05) is 10.6 Å². The van der Waals surface area contributed by atoms with E-state index in [9.17, 15) is 15.3 Å². The van der Waals surface area contributed by atoms with Crippen molar-refractivity contribution in [1.82, 2.24) is 0 Å². The molecular formula is C13H17ClO6. The number of rotatable bonds is 3. The second kappa shape index (κ2) is 6.82. The topological polar surface area (TPSA) is 99.4 Å². The molecule has 0 saturated carbocycles. The Morgan fingerprint density at radius 1 is 1.25 bits per heavy atom. The van der Waals surface area contributed by atoms with E-state index in [2.05, 4.69) is 0 Å². The standard InChI is InChI=1S/C13H17ClO6/c14-8-3-1-7(2-4-8)13-19-6-10(17)11(18)12(20-13)9(16)5-15/h1-4,9-13,15-18H,5-6H2/t9-,10+,11+,12+,13?/m1/s1. The summed E-state index contributed by atoms with van der Waals surface area (Å²) in [4.78, 5) is 0. The highest BCUT2D eigenvalue weighted by atomic mass is 35.5. The number of hydrogen-bond acceptors (Lipinski definition) is 6. The normalized spacial score (nSPS) is 32.6. The summed E-state index contributed by atoms with van der Waals surface area (Å²) in [5, 5.41) is 38.8. The van der Waals surface area contributed by atoms with E-state index in [0.717, 1.165) is 0 Å². The van der Waals surface area contributed by atoms with Gasteiger partial charge in [0.2, 0.25) is 0 Å². The molecule has 0 radical (unpaired) electrons. The van der Waals surface area contributed by atoms with Crippen LogP contribution in [-0.2, 0) is 9.47 Å². The van der Waals surface area contributed by atoms with Crippen LogP contribution in [0.25, 0.3) is 0 Å². The Hall–Kier alpha value is -0.730. The number of benzene rings is 1. The summed E-state index contributed by atoms with van der Waals surface area (Å²) >= 11 is 5.80. The molecule has 4 N–H and O–H groups in total. The first kappa shape index (κ1) is 15.7. The van der Waals surface area contributed by atoms with Gasteiger partial charge in [-0.05, 0) is 12.1 Å². The zero-order valence-corrected chi connectivity index (χ0v) is 11.3. The maximum atomic E-state index is 9.88. The van der Waals surface area contributed by atoms with Crippen molar-refractivity contribution >= 4 is 11.6 Å². The number of ether oxygens (including phenoxy) is 2. The van der Waals surface area contributed by atoms with Crippen LogP contribution in [0.3, 0.4) is 0 Å². The molecule has 6 nitrogen and oxygen atoms in total. The number of aliphatic hydroxyl groups is 4. The third-order valence-electron chi connectivity index (χ3n) is 3.14. The van der Waals surface area contributed by atoms with Crippen molar-refractivity contribution in [2.75, 3.05) is 13.2 Å². The van der Waals surface area contributed by atoms with Crippen molar-refractivity contribution in [2.45, 2.75) is 30.7 Å². The molecule has 1 aromatic carbocycles. The first-order chi connectivity index (χ1) is 9.52. The lowest BCUT2D eigenvalue weighted by Crippen LogP contribution is -2.47. The van der Waals surface area contributed by atoms with E-state index in [1.165, 1.54) is 0 Å². The molecule has 0 spiro atoms. The number of hydrogen-bond donors (Lipinski definition) is 4. The molecule has 1 aromatic rings. The second-order valence-corrected chi connectivity index (χ2v) is 5.06. The van der Waals surface area contributed by atoms with Crippen molar-refractivity contribution in [3.05, 3.63) is 34.9 Å². The van der Waals surface area contributed by atoms with E-state index in [1.807, 2.05) is 0 Å². The molecule has 1 heterocycles. The van der Waals surface area contributed by atoms with Crippen LogP contribution in [0.4, 0.5) is 0 Å². The Morgan fingerprint density at radius 3 is 2.50 bits per heavy atom. The minimum Gasteiger partial charge on any atom is -0.394 e. The average Bonchev–Trinajstić information content (AvgIpc) is 2.60. The fourth-order valence-electron chi connectivity index (χ4n) is 1.98. The zero-order valence-electron chi connectivity index (χ0n) is 10.6. The number of aliphatic hydroxyl groups excluding tert-OH is 4. The van der Waals surface area contributed by atoms with Gasteiger partial charge in [-0.2, -0.15) is 0 Å². The molecule has 7 heteroatoms. The van der Waals surface area contributed by atoms with Gasteiger partial charge in [0.1, 0.15) is 24.4 Å². The van der Waals surface area contributed by atoms with Crippen LogP contribution in [-0.4, -0.2) is 58.1 Å². The van der Waals surface area contributed by atoms with E-state index in [0.29, 0.717) is 10.6 Å².